The molecule has 1 unspecified atom stereocenters. The van der Waals surface area contributed by atoms with Gasteiger partial charge in [0.2, 0.25) is 15.9 Å². The van der Waals surface area contributed by atoms with Crippen LogP contribution in [0.3, 0.4) is 0 Å². The molecule has 2 aromatic carbocycles. The molecule has 0 aromatic heterocycles. The molecule has 2 aromatic rings. The molecule has 128 valence electrons. The number of benzene rings is 2. The van der Waals surface area contributed by atoms with Crippen molar-refractivity contribution in [2.24, 2.45) is 5.73 Å². The number of amides is 1. The summed E-state index contributed by atoms with van der Waals surface area (Å²) in [6.07, 6.45) is 0. The van der Waals surface area contributed by atoms with Crippen LogP contribution in [0.15, 0.2) is 47.4 Å². The van der Waals surface area contributed by atoms with Gasteiger partial charge in [-0.15, -0.1) is 0 Å². The van der Waals surface area contributed by atoms with Gasteiger partial charge in [-0.2, -0.15) is 4.31 Å². The third-order valence-electron chi connectivity index (χ3n) is 3.59. The lowest BCUT2D eigenvalue weighted by Crippen LogP contribution is -2.39. The SMILES string of the molecule is Cc1cc(F)ccc1S(=O)(=O)N(C)C(C(N)=O)c1cccc(F)c1. The van der Waals surface area contributed by atoms with Crippen LogP contribution in [0.2, 0.25) is 0 Å². The standard InChI is InChI=1S/C16H16F2N2O3S/c1-10-8-13(18)6-7-14(10)24(22,23)20(2)15(16(19)21)11-4-3-5-12(17)9-11/h3-9,15H,1-2H3,(H2,19,21). The van der Waals surface area contributed by atoms with Crippen molar-refractivity contribution in [3.63, 3.8) is 0 Å². The number of carbonyl (C=O) groups is 1. The molecule has 0 radical (unpaired) electrons. The van der Waals surface area contributed by atoms with Gasteiger partial charge < -0.3 is 5.73 Å². The lowest BCUT2D eigenvalue weighted by molar-refractivity contribution is -0.121. The predicted octanol–water partition coefficient (Wildman–Crippen LogP) is 2.12. The minimum absolute atomic E-state index is 0.105. The largest absolute Gasteiger partial charge is 0.368 e. The first-order chi connectivity index (χ1) is 11.1. The van der Waals surface area contributed by atoms with E-state index in [0.717, 1.165) is 28.6 Å². The zero-order valence-corrected chi connectivity index (χ0v) is 13.8. The van der Waals surface area contributed by atoms with Gasteiger partial charge in [0, 0.05) is 7.05 Å². The summed E-state index contributed by atoms with van der Waals surface area (Å²) in [6, 6.07) is 6.76. The zero-order chi connectivity index (χ0) is 18.1. The number of hydrogen-bond acceptors (Lipinski definition) is 3. The molecule has 8 heteroatoms. The van der Waals surface area contributed by atoms with Crippen LogP contribution in [0.1, 0.15) is 17.2 Å². The molecule has 0 saturated heterocycles. The molecule has 2 rings (SSSR count). The number of nitrogens with two attached hydrogens (primary N) is 1. The predicted molar refractivity (Wildman–Crippen MR) is 84.4 cm³/mol. The summed E-state index contributed by atoms with van der Waals surface area (Å²) in [4.78, 5) is 11.6. The highest BCUT2D eigenvalue weighted by Gasteiger charge is 2.34. The van der Waals surface area contributed by atoms with Crippen molar-refractivity contribution in [1.29, 1.82) is 0 Å². The molecule has 24 heavy (non-hydrogen) atoms. The van der Waals surface area contributed by atoms with E-state index in [1.54, 1.807) is 0 Å². The van der Waals surface area contributed by atoms with E-state index in [0.29, 0.717) is 0 Å². The Morgan fingerprint density at radius 2 is 1.75 bits per heavy atom. The number of primary amides is 1. The van der Waals surface area contributed by atoms with E-state index in [1.165, 1.54) is 32.2 Å². The Hall–Kier alpha value is -2.32. The minimum atomic E-state index is -4.15. The highest BCUT2D eigenvalue weighted by atomic mass is 32.2. The normalized spacial score (nSPS) is 13.0. The highest BCUT2D eigenvalue weighted by Crippen LogP contribution is 2.28. The summed E-state index contributed by atoms with van der Waals surface area (Å²) in [5, 5.41) is 0. The fourth-order valence-electron chi connectivity index (χ4n) is 2.43. The Morgan fingerprint density at radius 1 is 1.12 bits per heavy atom. The zero-order valence-electron chi connectivity index (χ0n) is 13.0. The van der Waals surface area contributed by atoms with Gasteiger partial charge in [-0.3, -0.25) is 4.79 Å². The van der Waals surface area contributed by atoms with Crippen molar-refractivity contribution in [2.75, 3.05) is 7.05 Å². The Morgan fingerprint density at radius 3 is 2.29 bits per heavy atom. The molecule has 0 spiro atoms. The van der Waals surface area contributed by atoms with E-state index in [4.69, 9.17) is 5.73 Å². The van der Waals surface area contributed by atoms with E-state index < -0.39 is 33.6 Å². The van der Waals surface area contributed by atoms with E-state index in [2.05, 4.69) is 0 Å². The maximum atomic E-state index is 13.4. The third-order valence-corrected chi connectivity index (χ3v) is 5.57. The monoisotopic (exact) mass is 354 g/mol. The molecule has 0 heterocycles. The second-order valence-corrected chi connectivity index (χ2v) is 7.26. The fourth-order valence-corrected chi connectivity index (χ4v) is 3.95. The van der Waals surface area contributed by atoms with Crippen molar-refractivity contribution in [3.8, 4) is 0 Å². The molecular formula is C16H16F2N2O3S. The third kappa shape index (κ3) is 3.44. The number of carbonyl (C=O) groups excluding carboxylic acids is 1. The molecule has 1 atom stereocenters. The lowest BCUT2D eigenvalue weighted by Gasteiger charge is -2.26. The van der Waals surface area contributed by atoms with Crippen LogP contribution in [0.4, 0.5) is 8.78 Å². The average molecular weight is 354 g/mol. The van der Waals surface area contributed by atoms with Crippen LogP contribution in [0.5, 0.6) is 0 Å². The van der Waals surface area contributed by atoms with Crippen LogP contribution in [-0.4, -0.2) is 25.7 Å². The van der Waals surface area contributed by atoms with Gasteiger partial charge in [0.1, 0.15) is 17.7 Å². The molecule has 0 aliphatic carbocycles. The summed E-state index contributed by atoms with van der Waals surface area (Å²) in [5.41, 5.74) is 5.62. The van der Waals surface area contributed by atoms with E-state index >= 15 is 0 Å². The molecule has 1 amide bonds. The Balaban J connectivity index is 2.53. The summed E-state index contributed by atoms with van der Waals surface area (Å²) < 4.78 is 52.9. The number of rotatable bonds is 5. The Bertz CT molecular complexity index is 885. The van der Waals surface area contributed by atoms with Gasteiger partial charge in [0.15, 0.2) is 0 Å². The quantitative estimate of drug-likeness (QED) is 0.893. The van der Waals surface area contributed by atoms with Crippen LogP contribution in [0, 0.1) is 18.6 Å². The van der Waals surface area contributed by atoms with Crippen molar-refractivity contribution in [2.45, 2.75) is 17.9 Å². The number of likely N-dealkylation sites (N-methyl/N-ethyl adjacent to an activating group) is 1. The maximum absolute atomic E-state index is 13.4. The highest BCUT2D eigenvalue weighted by molar-refractivity contribution is 7.89. The molecular weight excluding hydrogens is 338 g/mol. The van der Waals surface area contributed by atoms with Crippen molar-refractivity contribution < 1.29 is 22.0 Å². The summed E-state index contributed by atoms with van der Waals surface area (Å²) in [7, 11) is -2.98. The average Bonchev–Trinajstić information content (AvgIpc) is 2.46. The van der Waals surface area contributed by atoms with Gasteiger partial charge >= 0.3 is 0 Å². The topological polar surface area (TPSA) is 80.5 Å². The van der Waals surface area contributed by atoms with Crippen LogP contribution < -0.4 is 5.73 Å². The Kier molecular flexibility index (Phi) is 5.00. The molecule has 0 aliphatic rings. The van der Waals surface area contributed by atoms with Crippen LogP contribution >= 0.6 is 0 Å². The minimum Gasteiger partial charge on any atom is -0.368 e. The number of halogens is 2. The Labute approximate surface area is 138 Å². The number of sulfonamides is 1. The molecule has 0 fully saturated rings. The van der Waals surface area contributed by atoms with Crippen LogP contribution in [0.25, 0.3) is 0 Å². The number of nitrogens with zero attached hydrogens (tertiary/aromatic N) is 1. The number of hydrogen-bond donors (Lipinski definition) is 1. The molecule has 2 N–H and O–H groups in total. The van der Waals surface area contributed by atoms with Gasteiger partial charge in [-0.25, -0.2) is 17.2 Å². The fraction of sp³-hybridized carbons (Fsp3) is 0.188. The smallest absolute Gasteiger partial charge is 0.244 e. The molecule has 0 aliphatic heterocycles. The molecule has 0 bridgehead atoms. The van der Waals surface area contributed by atoms with E-state index in [-0.39, 0.29) is 16.0 Å². The summed E-state index contributed by atoms with van der Waals surface area (Å²) in [5.74, 6) is -2.15. The molecule has 5 nitrogen and oxygen atoms in total. The summed E-state index contributed by atoms with van der Waals surface area (Å²) in [6.45, 7) is 1.44. The van der Waals surface area contributed by atoms with Gasteiger partial charge in [-0.1, -0.05) is 12.1 Å². The summed E-state index contributed by atoms with van der Waals surface area (Å²) >= 11 is 0. The number of aryl methyl sites for hydroxylation is 1. The second-order valence-electron chi connectivity index (χ2n) is 5.29. The van der Waals surface area contributed by atoms with Gasteiger partial charge in [0.25, 0.3) is 0 Å². The van der Waals surface area contributed by atoms with E-state index in [9.17, 15) is 22.0 Å². The van der Waals surface area contributed by atoms with Crippen molar-refractivity contribution in [3.05, 3.63) is 65.2 Å². The first-order valence-corrected chi connectivity index (χ1v) is 8.37. The molecule has 0 saturated carbocycles. The lowest BCUT2D eigenvalue weighted by atomic mass is 10.1. The van der Waals surface area contributed by atoms with Gasteiger partial charge in [-0.05, 0) is 48.4 Å². The first-order valence-electron chi connectivity index (χ1n) is 6.93. The van der Waals surface area contributed by atoms with E-state index in [1.807, 2.05) is 0 Å². The van der Waals surface area contributed by atoms with Crippen LogP contribution in [-0.2, 0) is 14.8 Å². The second kappa shape index (κ2) is 6.66. The van der Waals surface area contributed by atoms with Gasteiger partial charge in [0.05, 0.1) is 4.90 Å². The maximum Gasteiger partial charge on any atom is 0.244 e. The van der Waals surface area contributed by atoms with Crippen molar-refractivity contribution >= 4 is 15.9 Å². The van der Waals surface area contributed by atoms with Crippen molar-refractivity contribution in [1.82, 2.24) is 4.31 Å². The first kappa shape index (κ1) is 18.0.